The molecule has 2 aromatic rings. The molecule has 0 saturated carbocycles. The fourth-order valence-corrected chi connectivity index (χ4v) is 2.29. The molecule has 0 radical (unpaired) electrons. The Morgan fingerprint density at radius 2 is 1.73 bits per heavy atom. The lowest BCUT2D eigenvalue weighted by Gasteiger charge is -2.12. The number of halogens is 1. The summed E-state index contributed by atoms with van der Waals surface area (Å²) >= 11 is 3.41. The van der Waals surface area contributed by atoms with Gasteiger partial charge in [-0.15, -0.1) is 0 Å². The van der Waals surface area contributed by atoms with Crippen molar-refractivity contribution in [3.8, 4) is 5.75 Å². The monoisotopic (exact) mass is 264 g/mol. The van der Waals surface area contributed by atoms with Crippen LogP contribution in [0.25, 0.3) is 10.8 Å². The number of aromatic hydroxyl groups is 1. The highest BCUT2D eigenvalue weighted by atomic mass is 79.9. The van der Waals surface area contributed by atoms with Gasteiger partial charge in [0, 0.05) is 0 Å². The highest BCUT2D eigenvalue weighted by Crippen LogP contribution is 2.37. The molecule has 2 heteroatoms. The first-order chi connectivity index (χ1) is 7.11. The van der Waals surface area contributed by atoms with Gasteiger partial charge in [-0.2, -0.15) is 0 Å². The highest BCUT2D eigenvalue weighted by molar-refractivity contribution is 9.10. The van der Waals surface area contributed by atoms with Crippen LogP contribution in [0, 0.1) is 0 Å². The van der Waals surface area contributed by atoms with Crippen LogP contribution < -0.4 is 0 Å². The molecule has 2 aromatic carbocycles. The van der Waals surface area contributed by atoms with Crippen LogP contribution in [0.5, 0.6) is 5.75 Å². The van der Waals surface area contributed by atoms with Gasteiger partial charge in [-0.3, -0.25) is 0 Å². The van der Waals surface area contributed by atoms with E-state index in [1.165, 1.54) is 10.9 Å². The minimum absolute atomic E-state index is 0.317. The van der Waals surface area contributed by atoms with Gasteiger partial charge in [-0.25, -0.2) is 0 Å². The summed E-state index contributed by atoms with van der Waals surface area (Å²) in [6.07, 6.45) is 0. The van der Waals surface area contributed by atoms with Crippen molar-refractivity contribution in [1.29, 1.82) is 0 Å². The van der Waals surface area contributed by atoms with Crippen LogP contribution in [0.3, 0.4) is 0 Å². The molecule has 15 heavy (non-hydrogen) atoms. The Kier molecular flexibility index (Phi) is 2.70. The number of phenolic OH excluding ortho intramolecular Hbond substituents is 1. The summed E-state index contributed by atoms with van der Waals surface area (Å²) < 4.78 is 0.780. The topological polar surface area (TPSA) is 20.2 Å². The highest BCUT2D eigenvalue weighted by Gasteiger charge is 2.11. The van der Waals surface area contributed by atoms with Crippen LogP contribution in [0.1, 0.15) is 25.3 Å². The molecular weight excluding hydrogens is 252 g/mol. The molecule has 1 N–H and O–H groups in total. The van der Waals surface area contributed by atoms with Crippen molar-refractivity contribution in [1.82, 2.24) is 0 Å². The van der Waals surface area contributed by atoms with E-state index in [9.17, 15) is 5.11 Å². The molecule has 0 atom stereocenters. The van der Waals surface area contributed by atoms with E-state index >= 15 is 0 Å². The number of rotatable bonds is 1. The Bertz CT molecular complexity index is 503. The lowest BCUT2D eigenvalue weighted by molar-refractivity contribution is 0.472. The van der Waals surface area contributed by atoms with Crippen molar-refractivity contribution in [3.05, 3.63) is 40.4 Å². The molecule has 0 bridgehead atoms. The van der Waals surface area contributed by atoms with Crippen molar-refractivity contribution in [2.24, 2.45) is 0 Å². The predicted octanol–water partition coefficient (Wildman–Crippen LogP) is 4.43. The molecule has 0 heterocycles. The molecule has 0 fully saturated rings. The second kappa shape index (κ2) is 3.86. The second-order valence-corrected chi connectivity index (χ2v) is 4.79. The summed E-state index contributed by atoms with van der Waals surface area (Å²) in [7, 11) is 0. The van der Waals surface area contributed by atoms with Crippen LogP contribution >= 0.6 is 15.9 Å². The lowest BCUT2D eigenvalue weighted by atomic mass is 9.96. The Morgan fingerprint density at radius 3 is 2.33 bits per heavy atom. The van der Waals surface area contributed by atoms with Gasteiger partial charge in [0.1, 0.15) is 5.75 Å². The van der Waals surface area contributed by atoms with E-state index in [4.69, 9.17) is 0 Å². The van der Waals surface area contributed by atoms with Gasteiger partial charge in [0.25, 0.3) is 0 Å². The maximum Gasteiger partial charge on any atom is 0.130 e. The molecule has 0 amide bonds. The molecule has 0 aromatic heterocycles. The SMILES string of the molecule is CC(C)c1cc(O)c(Br)c2ccccc12. The van der Waals surface area contributed by atoms with E-state index in [-0.39, 0.29) is 0 Å². The average Bonchev–Trinajstić information content (AvgIpc) is 2.23. The van der Waals surface area contributed by atoms with Crippen LogP contribution in [0.2, 0.25) is 0 Å². The van der Waals surface area contributed by atoms with Crippen molar-refractivity contribution in [2.75, 3.05) is 0 Å². The first-order valence-corrected chi connectivity index (χ1v) is 5.80. The van der Waals surface area contributed by atoms with Gasteiger partial charge in [0.2, 0.25) is 0 Å². The maximum atomic E-state index is 9.80. The van der Waals surface area contributed by atoms with Crippen molar-refractivity contribution >= 4 is 26.7 Å². The van der Waals surface area contributed by atoms with Crippen molar-refractivity contribution in [3.63, 3.8) is 0 Å². The molecule has 1 nitrogen and oxygen atoms in total. The van der Waals surface area contributed by atoms with E-state index in [1.54, 1.807) is 0 Å². The van der Waals surface area contributed by atoms with E-state index < -0.39 is 0 Å². The molecular formula is C13H13BrO. The first kappa shape index (κ1) is 10.5. The van der Waals surface area contributed by atoms with Crippen LogP contribution in [0.4, 0.5) is 0 Å². The third kappa shape index (κ3) is 1.74. The average molecular weight is 265 g/mol. The number of hydrogen-bond donors (Lipinski definition) is 1. The molecule has 0 spiro atoms. The zero-order valence-corrected chi connectivity index (χ0v) is 10.4. The van der Waals surface area contributed by atoms with Gasteiger partial charge in [-0.1, -0.05) is 38.1 Å². The summed E-state index contributed by atoms with van der Waals surface area (Å²) in [5, 5.41) is 12.1. The molecule has 0 saturated heterocycles. The molecule has 2 rings (SSSR count). The van der Waals surface area contributed by atoms with Gasteiger partial charge >= 0.3 is 0 Å². The molecule has 0 aliphatic rings. The summed E-state index contributed by atoms with van der Waals surface area (Å²) in [5.41, 5.74) is 1.19. The summed E-state index contributed by atoms with van der Waals surface area (Å²) in [4.78, 5) is 0. The number of fused-ring (bicyclic) bond motifs is 1. The normalized spacial score (nSPS) is 11.2. The molecule has 78 valence electrons. The fourth-order valence-electron chi connectivity index (χ4n) is 1.83. The van der Waals surface area contributed by atoms with Crippen LogP contribution in [0.15, 0.2) is 34.8 Å². The van der Waals surface area contributed by atoms with E-state index in [0.29, 0.717) is 11.7 Å². The van der Waals surface area contributed by atoms with Gasteiger partial charge < -0.3 is 5.11 Å². The third-order valence-electron chi connectivity index (χ3n) is 2.61. The minimum Gasteiger partial charge on any atom is -0.507 e. The van der Waals surface area contributed by atoms with Gasteiger partial charge in [0.15, 0.2) is 0 Å². The van der Waals surface area contributed by atoms with Crippen molar-refractivity contribution in [2.45, 2.75) is 19.8 Å². The van der Waals surface area contributed by atoms with Crippen molar-refractivity contribution < 1.29 is 5.11 Å². The fraction of sp³-hybridized carbons (Fsp3) is 0.231. The van der Waals surface area contributed by atoms with Gasteiger partial charge in [0.05, 0.1) is 4.47 Å². The standard InChI is InChI=1S/C13H13BrO/c1-8(2)11-7-12(15)13(14)10-6-4-3-5-9(10)11/h3-8,15H,1-2H3. The van der Waals surface area contributed by atoms with E-state index in [0.717, 1.165) is 9.86 Å². The Labute approximate surface area is 97.9 Å². The smallest absolute Gasteiger partial charge is 0.130 e. The Morgan fingerprint density at radius 1 is 1.13 bits per heavy atom. The Balaban J connectivity index is 2.88. The number of benzene rings is 2. The predicted molar refractivity (Wildman–Crippen MR) is 67.4 cm³/mol. The summed E-state index contributed by atoms with van der Waals surface area (Å²) in [5.74, 6) is 0.728. The minimum atomic E-state index is 0.317. The first-order valence-electron chi connectivity index (χ1n) is 5.01. The molecule has 0 aliphatic heterocycles. The maximum absolute atomic E-state index is 9.80. The lowest BCUT2D eigenvalue weighted by Crippen LogP contribution is -1.90. The number of hydrogen-bond acceptors (Lipinski definition) is 1. The molecule has 0 aliphatic carbocycles. The summed E-state index contributed by atoms with van der Waals surface area (Å²) in [6, 6.07) is 9.96. The zero-order valence-electron chi connectivity index (χ0n) is 8.79. The third-order valence-corrected chi connectivity index (χ3v) is 3.45. The second-order valence-electron chi connectivity index (χ2n) is 4.00. The number of phenols is 1. The quantitative estimate of drug-likeness (QED) is 0.808. The largest absolute Gasteiger partial charge is 0.507 e. The van der Waals surface area contributed by atoms with Gasteiger partial charge in [-0.05, 0) is 44.3 Å². The summed E-state index contributed by atoms with van der Waals surface area (Å²) in [6.45, 7) is 4.27. The molecule has 0 unspecified atom stereocenters. The van der Waals surface area contributed by atoms with Crippen LogP contribution in [-0.2, 0) is 0 Å². The van der Waals surface area contributed by atoms with E-state index in [1.807, 2.05) is 24.3 Å². The van der Waals surface area contributed by atoms with Crippen LogP contribution in [-0.4, -0.2) is 5.11 Å². The van der Waals surface area contributed by atoms with E-state index in [2.05, 4.69) is 35.8 Å². The zero-order chi connectivity index (χ0) is 11.0. The Hall–Kier alpha value is -1.02.